The first-order valence-corrected chi connectivity index (χ1v) is 13.7. The van der Waals surface area contributed by atoms with E-state index in [-0.39, 0.29) is 5.92 Å². The van der Waals surface area contributed by atoms with Crippen LogP contribution in [-0.4, -0.2) is 15.2 Å². The molecule has 0 atom stereocenters. The van der Waals surface area contributed by atoms with Crippen molar-refractivity contribution in [3.05, 3.63) is 46.7 Å². The molecule has 1 saturated carbocycles. The minimum Gasteiger partial charge on any atom is -0.210 e. The average Bonchev–Trinajstić information content (AvgIpc) is 2.71. The van der Waals surface area contributed by atoms with Crippen LogP contribution in [0.3, 0.4) is 0 Å². The Hall–Kier alpha value is -1.10. The van der Waals surface area contributed by atoms with Gasteiger partial charge in [0.1, 0.15) is 11.6 Å². The van der Waals surface area contributed by atoms with Crippen LogP contribution in [0.5, 0.6) is 0 Å². The molecule has 0 amide bonds. The maximum atomic E-state index is 14.2. The number of rotatable bonds is 7. The minimum absolute atomic E-state index is 0.151. The first kappa shape index (κ1) is 22.6. The van der Waals surface area contributed by atoms with Crippen molar-refractivity contribution in [2.75, 3.05) is 0 Å². The highest BCUT2D eigenvalue weighted by molar-refractivity contribution is 6.64. The summed E-state index contributed by atoms with van der Waals surface area (Å²) in [6.07, 6.45) is 8.09. The van der Waals surface area contributed by atoms with Gasteiger partial charge in [-0.3, -0.25) is 0 Å². The van der Waals surface area contributed by atoms with E-state index in [9.17, 15) is 17.6 Å². The zero-order valence-corrected chi connectivity index (χ0v) is 18.6. The summed E-state index contributed by atoms with van der Waals surface area (Å²) in [7, 11) is -0.656. The summed E-state index contributed by atoms with van der Waals surface area (Å²) in [6.45, 7) is 2.22. The summed E-state index contributed by atoms with van der Waals surface area (Å²) in [6, 6.07) is 5.44. The van der Waals surface area contributed by atoms with E-state index in [0.717, 1.165) is 37.5 Å². The molecule has 1 aliphatic carbocycles. The highest BCUT2D eigenvalue weighted by Crippen LogP contribution is 2.43. The second-order valence-corrected chi connectivity index (χ2v) is 12.1. The quantitative estimate of drug-likeness (QED) is 0.311. The third-order valence-corrected chi connectivity index (χ3v) is 10.1. The molecule has 162 valence electrons. The van der Waals surface area contributed by atoms with E-state index in [0.29, 0.717) is 5.56 Å². The normalized spacial score (nSPS) is 28.3. The molecule has 0 spiro atoms. The smallest absolute Gasteiger partial charge is 0.210 e. The monoisotopic (exact) mass is 426 g/mol. The highest BCUT2D eigenvalue weighted by atomic mass is 28.3. The molecule has 1 aliphatic heterocycles. The number of unbranched alkanes of at least 4 members (excludes halogenated alkanes) is 1. The number of benzene rings is 1. The Bertz CT molecular complexity index is 648. The van der Waals surface area contributed by atoms with Crippen LogP contribution in [0.2, 0.25) is 12.1 Å². The van der Waals surface area contributed by atoms with E-state index in [2.05, 4.69) is 18.7 Å². The van der Waals surface area contributed by atoms with E-state index in [1.54, 1.807) is 0 Å². The Kier molecular flexibility index (Phi) is 8.40. The van der Waals surface area contributed by atoms with Gasteiger partial charge in [-0.2, -0.15) is 0 Å². The summed E-state index contributed by atoms with van der Waals surface area (Å²) < 4.78 is 53.4. The largest absolute Gasteiger partial charge is 0.242 e. The number of hydrogen-bond acceptors (Lipinski definition) is 0. The fourth-order valence-electron chi connectivity index (χ4n) is 5.40. The molecule has 0 bridgehead atoms. The topological polar surface area (TPSA) is 0 Å². The Morgan fingerprint density at radius 2 is 1.55 bits per heavy atom. The van der Waals surface area contributed by atoms with E-state index in [4.69, 9.17) is 0 Å². The van der Waals surface area contributed by atoms with Gasteiger partial charge in [0.25, 0.3) is 0 Å². The van der Waals surface area contributed by atoms with Crippen molar-refractivity contribution in [1.82, 2.24) is 0 Å². The van der Waals surface area contributed by atoms with Crippen molar-refractivity contribution in [2.45, 2.75) is 89.1 Å². The number of allylic oxidation sites excluding steroid dienone is 1. The summed E-state index contributed by atoms with van der Waals surface area (Å²) >= 11 is 0. The van der Waals surface area contributed by atoms with Gasteiger partial charge in [0.05, 0.1) is 8.80 Å². The predicted octanol–water partition coefficient (Wildman–Crippen LogP) is 7.58. The summed E-state index contributed by atoms with van der Waals surface area (Å²) in [4.78, 5) is 0. The molecule has 1 aromatic rings. The Morgan fingerprint density at radius 1 is 0.966 bits per heavy atom. The average molecular weight is 427 g/mol. The second kappa shape index (κ2) is 10.8. The summed E-state index contributed by atoms with van der Waals surface area (Å²) in [5, 5.41) is 0. The standard InChI is InChI=1S/C24H34F4Si/c1-2-3-4-11-29-12-9-19(10-13-29)17-5-7-18(8-6-17)20-14-22(25)21(16-24(27)28)23(26)15-20/h4,11,14-15,17-19,24,29H,2-3,5-10,12-13,16H2,1H3. The molecule has 0 N–H and O–H groups in total. The zero-order chi connectivity index (χ0) is 20.8. The maximum absolute atomic E-state index is 14.2. The molecule has 2 fully saturated rings. The van der Waals surface area contributed by atoms with Gasteiger partial charge in [0, 0.05) is 12.0 Å². The highest BCUT2D eigenvalue weighted by Gasteiger charge is 2.31. The van der Waals surface area contributed by atoms with Crippen LogP contribution in [0.4, 0.5) is 17.6 Å². The van der Waals surface area contributed by atoms with E-state index < -0.39 is 38.8 Å². The predicted molar refractivity (Wildman–Crippen MR) is 114 cm³/mol. The van der Waals surface area contributed by atoms with Crippen molar-refractivity contribution in [3.63, 3.8) is 0 Å². The van der Waals surface area contributed by atoms with Crippen molar-refractivity contribution in [3.8, 4) is 0 Å². The molecule has 1 saturated heterocycles. The number of hydrogen-bond donors (Lipinski definition) is 0. The van der Waals surface area contributed by atoms with Crippen LogP contribution in [0.25, 0.3) is 0 Å². The van der Waals surface area contributed by atoms with Crippen LogP contribution in [-0.2, 0) is 6.42 Å². The first-order valence-electron chi connectivity index (χ1n) is 11.4. The fraction of sp³-hybridized carbons (Fsp3) is 0.667. The molecule has 3 rings (SSSR count). The van der Waals surface area contributed by atoms with Crippen molar-refractivity contribution < 1.29 is 17.6 Å². The lowest BCUT2D eigenvalue weighted by Gasteiger charge is -2.37. The van der Waals surface area contributed by atoms with E-state index in [1.807, 2.05) is 0 Å². The number of halogens is 4. The van der Waals surface area contributed by atoms with Gasteiger partial charge in [0.15, 0.2) is 0 Å². The molecule has 5 heteroatoms. The lowest BCUT2D eigenvalue weighted by molar-refractivity contribution is 0.146. The summed E-state index contributed by atoms with van der Waals surface area (Å²) in [5.74, 6) is 0.0805. The molecule has 0 radical (unpaired) electrons. The molecule has 0 nitrogen and oxygen atoms in total. The lowest BCUT2D eigenvalue weighted by atomic mass is 9.72. The number of alkyl halides is 2. The molecular formula is C24H34F4Si. The van der Waals surface area contributed by atoms with Crippen molar-refractivity contribution >= 4 is 8.80 Å². The zero-order valence-electron chi connectivity index (χ0n) is 17.5. The van der Waals surface area contributed by atoms with Gasteiger partial charge >= 0.3 is 0 Å². The van der Waals surface area contributed by atoms with Crippen LogP contribution < -0.4 is 0 Å². The Morgan fingerprint density at radius 3 is 2.10 bits per heavy atom. The minimum atomic E-state index is -2.74. The second-order valence-electron chi connectivity index (χ2n) is 9.06. The lowest BCUT2D eigenvalue weighted by Crippen LogP contribution is -2.27. The molecule has 29 heavy (non-hydrogen) atoms. The first-order chi connectivity index (χ1) is 14.0. The van der Waals surface area contributed by atoms with Crippen LogP contribution in [0.15, 0.2) is 23.9 Å². The Labute approximate surface area is 174 Å². The third-order valence-electron chi connectivity index (χ3n) is 7.11. The van der Waals surface area contributed by atoms with Gasteiger partial charge in [-0.25, -0.2) is 17.6 Å². The van der Waals surface area contributed by atoms with Crippen molar-refractivity contribution in [1.29, 1.82) is 0 Å². The molecular weight excluding hydrogens is 392 g/mol. The van der Waals surface area contributed by atoms with Crippen LogP contribution >= 0.6 is 0 Å². The van der Waals surface area contributed by atoms with Gasteiger partial charge in [-0.15, -0.1) is 5.70 Å². The molecule has 0 aromatic heterocycles. The Balaban J connectivity index is 1.51. The van der Waals surface area contributed by atoms with Gasteiger partial charge < -0.3 is 0 Å². The molecule has 1 aromatic carbocycles. The molecule has 1 heterocycles. The van der Waals surface area contributed by atoms with Crippen molar-refractivity contribution in [2.24, 2.45) is 11.8 Å². The van der Waals surface area contributed by atoms with E-state index >= 15 is 0 Å². The molecule has 0 unspecified atom stereocenters. The van der Waals surface area contributed by atoms with E-state index in [1.165, 1.54) is 49.9 Å². The molecule has 2 aliphatic rings. The van der Waals surface area contributed by atoms with Gasteiger partial charge in [-0.1, -0.05) is 44.4 Å². The SMILES string of the molecule is CCCC=C[SiH]1CCC(C2CCC(c3cc(F)c(CC(F)F)c(F)c3)CC2)CC1. The van der Waals surface area contributed by atoms with Gasteiger partial charge in [-0.05, 0) is 67.6 Å². The van der Waals surface area contributed by atoms with Gasteiger partial charge in [0.2, 0.25) is 6.43 Å². The third kappa shape index (κ3) is 6.19. The maximum Gasteiger partial charge on any atom is 0.242 e. The van der Waals surface area contributed by atoms with Crippen LogP contribution in [0, 0.1) is 23.5 Å². The fourth-order valence-corrected chi connectivity index (χ4v) is 8.36. The van der Waals surface area contributed by atoms with Crippen LogP contribution in [0.1, 0.15) is 75.3 Å². The summed E-state index contributed by atoms with van der Waals surface area (Å²) in [5.41, 5.74) is 2.72.